The van der Waals surface area contributed by atoms with E-state index in [1.165, 1.54) is 19.3 Å². The van der Waals surface area contributed by atoms with Gasteiger partial charge in [-0.2, -0.15) is 0 Å². The fourth-order valence-corrected chi connectivity index (χ4v) is 2.97. The van der Waals surface area contributed by atoms with Crippen molar-refractivity contribution in [2.45, 2.75) is 59.0 Å². The van der Waals surface area contributed by atoms with Crippen LogP contribution in [0.1, 0.15) is 62.4 Å². The van der Waals surface area contributed by atoms with E-state index in [9.17, 15) is 9.59 Å². The predicted molar refractivity (Wildman–Crippen MR) is 91.4 cm³/mol. The maximum atomic E-state index is 12.4. The van der Waals surface area contributed by atoms with Gasteiger partial charge in [0.05, 0.1) is 6.54 Å². The Morgan fingerprint density at radius 3 is 2.75 bits per heavy atom. The van der Waals surface area contributed by atoms with Crippen molar-refractivity contribution in [2.75, 3.05) is 20.6 Å². The lowest BCUT2D eigenvalue weighted by atomic mass is 9.99. The lowest BCUT2D eigenvalue weighted by Crippen LogP contribution is -2.38. The lowest BCUT2D eigenvalue weighted by molar-refractivity contribution is -0.131. The Bertz CT molecular complexity index is 584. The Morgan fingerprint density at radius 2 is 2.04 bits per heavy atom. The van der Waals surface area contributed by atoms with E-state index in [1.54, 1.807) is 23.9 Å². The topological polar surface area (TPSA) is 71.3 Å². The summed E-state index contributed by atoms with van der Waals surface area (Å²) in [5, 5.41) is 8.11. The summed E-state index contributed by atoms with van der Waals surface area (Å²) in [6.07, 6.45) is 5.26. The van der Waals surface area contributed by atoms with Crippen LogP contribution in [0.25, 0.3) is 0 Å². The molecule has 0 spiro atoms. The van der Waals surface area contributed by atoms with Crippen LogP contribution in [0.3, 0.4) is 0 Å². The molecule has 1 atom stereocenters. The molecule has 1 aliphatic rings. The van der Waals surface area contributed by atoms with Crippen LogP contribution in [-0.2, 0) is 17.9 Å². The Labute approximate surface area is 144 Å². The number of amides is 2. The normalized spacial score (nSPS) is 15.3. The fraction of sp³-hybridized carbons (Fsp3) is 0.765. The Morgan fingerprint density at radius 1 is 1.29 bits per heavy atom. The van der Waals surface area contributed by atoms with Crippen LogP contribution in [0.5, 0.6) is 0 Å². The van der Waals surface area contributed by atoms with Gasteiger partial charge in [-0.1, -0.05) is 39.5 Å². The minimum atomic E-state index is -0.112. The quantitative estimate of drug-likeness (QED) is 0.681. The number of unbranched alkanes of at least 4 members (excludes halogenated alkanes) is 2. The molecule has 134 valence electrons. The van der Waals surface area contributed by atoms with Crippen LogP contribution in [0.4, 0.5) is 0 Å². The summed E-state index contributed by atoms with van der Waals surface area (Å²) >= 11 is 0. The molecule has 1 aromatic rings. The van der Waals surface area contributed by atoms with Crippen molar-refractivity contribution < 1.29 is 9.59 Å². The average Bonchev–Trinajstić information content (AvgIpc) is 2.94. The van der Waals surface area contributed by atoms with Gasteiger partial charge in [0.25, 0.3) is 5.91 Å². The first-order valence-corrected chi connectivity index (χ1v) is 8.85. The molecular weight excluding hydrogens is 306 g/mol. The highest BCUT2D eigenvalue weighted by molar-refractivity contribution is 5.91. The van der Waals surface area contributed by atoms with E-state index in [-0.39, 0.29) is 11.8 Å². The van der Waals surface area contributed by atoms with Gasteiger partial charge in [-0.25, -0.2) is 0 Å². The average molecular weight is 335 g/mol. The first-order chi connectivity index (χ1) is 11.4. The molecule has 0 aliphatic carbocycles. The predicted octanol–water partition coefficient (Wildman–Crippen LogP) is 1.93. The van der Waals surface area contributed by atoms with E-state index in [4.69, 9.17) is 0 Å². The molecule has 24 heavy (non-hydrogen) atoms. The van der Waals surface area contributed by atoms with Crippen molar-refractivity contribution in [2.24, 2.45) is 5.92 Å². The maximum Gasteiger partial charge on any atom is 0.291 e. The molecule has 0 saturated carbocycles. The van der Waals surface area contributed by atoms with Gasteiger partial charge >= 0.3 is 0 Å². The van der Waals surface area contributed by atoms with E-state index < -0.39 is 0 Å². The molecule has 1 aromatic heterocycles. The van der Waals surface area contributed by atoms with Crippen molar-refractivity contribution in [3.8, 4) is 0 Å². The van der Waals surface area contributed by atoms with Crippen molar-refractivity contribution in [3.63, 3.8) is 0 Å². The van der Waals surface area contributed by atoms with Gasteiger partial charge < -0.3 is 14.4 Å². The summed E-state index contributed by atoms with van der Waals surface area (Å²) < 4.78 is 1.83. The molecule has 1 unspecified atom stereocenters. The van der Waals surface area contributed by atoms with Crippen LogP contribution in [0.2, 0.25) is 0 Å². The van der Waals surface area contributed by atoms with E-state index >= 15 is 0 Å². The van der Waals surface area contributed by atoms with Crippen molar-refractivity contribution in [1.82, 2.24) is 24.6 Å². The van der Waals surface area contributed by atoms with Crippen molar-refractivity contribution in [1.29, 1.82) is 0 Å². The van der Waals surface area contributed by atoms with Crippen LogP contribution in [0.15, 0.2) is 0 Å². The Hall–Kier alpha value is -1.92. The third kappa shape index (κ3) is 4.33. The highest BCUT2D eigenvalue weighted by Gasteiger charge is 2.27. The molecule has 0 aromatic carbocycles. The zero-order valence-electron chi connectivity index (χ0n) is 15.3. The van der Waals surface area contributed by atoms with Gasteiger partial charge in [0.1, 0.15) is 0 Å². The largest absolute Gasteiger partial charge is 0.338 e. The third-order valence-electron chi connectivity index (χ3n) is 4.65. The van der Waals surface area contributed by atoms with E-state index in [1.807, 2.05) is 4.57 Å². The van der Waals surface area contributed by atoms with Crippen LogP contribution < -0.4 is 0 Å². The minimum absolute atomic E-state index is 0.112. The molecule has 2 rings (SSSR count). The molecular formula is C17H29N5O2. The number of fused-ring (bicyclic) bond motifs is 1. The zero-order valence-corrected chi connectivity index (χ0v) is 15.3. The number of hydrogen-bond donors (Lipinski definition) is 0. The SMILES string of the molecule is CCCCCC(C)CC(=O)N(C)Cc1nnc2n1CCN(C)C2=O. The summed E-state index contributed by atoms with van der Waals surface area (Å²) in [5.74, 6) is 1.46. The summed E-state index contributed by atoms with van der Waals surface area (Å²) in [7, 11) is 3.55. The number of aromatic nitrogens is 3. The minimum Gasteiger partial charge on any atom is -0.338 e. The molecule has 7 nitrogen and oxygen atoms in total. The second-order valence-corrected chi connectivity index (χ2v) is 6.87. The summed E-state index contributed by atoms with van der Waals surface area (Å²) in [6, 6.07) is 0. The van der Waals surface area contributed by atoms with Gasteiger partial charge in [-0.05, 0) is 5.92 Å². The summed E-state index contributed by atoms with van der Waals surface area (Å²) in [6.45, 7) is 6.03. The molecule has 2 amide bonds. The van der Waals surface area contributed by atoms with E-state index in [0.717, 1.165) is 6.42 Å². The Kier molecular flexibility index (Phi) is 6.34. The highest BCUT2D eigenvalue weighted by Crippen LogP contribution is 2.16. The smallest absolute Gasteiger partial charge is 0.291 e. The molecule has 0 saturated heterocycles. The number of nitrogens with zero attached hydrogens (tertiary/aromatic N) is 5. The lowest BCUT2D eigenvalue weighted by Gasteiger charge is -2.25. The van der Waals surface area contributed by atoms with Gasteiger partial charge in [-0.3, -0.25) is 9.59 Å². The van der Waals surface area contributed by atoms with E-state index in [0.29, 0.717) is 43.6 Å². The molecule has 7 heteroatoms. The Balaban J connectivity index is 1.91. The zero-order chi connectivity index (χ0) is 17.7. The summed E-state index contributed by atoms with van der Waals surface area (Å²) in [5.41, 5.74) is 0. The van der Waals surface area contributed by atoms with Crippen LogP contribution in [0, 0.1) is 5.92 Å². The maximum absolute atomic E-state index is 12.4. The number of likely N-dealkylation sites (N-methyl/N-ethyl adjacent to an activating group) is 1. The molecule has 0 N–H and O–H groups in total. The molecule has 0 radical (unpaired) electrons. The summed E-state index contributed by atoms with van der Waals surface area (Å²) in [4.78, 5) is 27.8. The van der Waals surface area contributed by atoms with Gasteiger partial charge in [-0.15, -0.1) is 10.2 Å². The van der Waals surface area contributed by atoms with Crippen molar-refractivity contribution >= 4 is 11.8 Å². The fourth-order valence-electron chi connectivity index (χ4n) is 2.97. The standard InChI is InChI=1S/C17H29N5O2/c1-5-6-7-8-13(2)11-15(23)21(4)12-14-18-19-16-17(24)20(3)9-10-22(14)16/h13H,5-12H2,1-4H3. The third-order valence-corrected chi connectivity index (χ3v) is 4.65. The van der Waals surface area contributed by atoms with Crippen molar-refractivity contribution in [3.05, 3.63) is 11.6 Å². The number of carbonyl (C=O) groups is 2. The first kappa shape index (κ1) is 18.4. The monoisotopic (exact) mass is 335 g/mol. The van der Waals surface area contributed by atoms with Gasteiger partial charge in [0.2, 0.25) is 11.7 Å². The van der Waals surface area contributed by atoms with Gasteiger partial charge in [0, 0.05) is 33.6 Å². The number of hydrogen-bond acceptors (Lipinski definition) is 4. The molecule has 1 aliphatic heterocycles. The highest BCUT2D eigenvalue weighted by atomic mass is 16.2. The second-order valence-electron chi connectivity index (χ2n) is 6.87. The number of rotatable bonds is 8. The van der Waals surface area contributed by atoms with Crippen LogP contribution >= 0.6 is 0 Å². The molecule has 2 heterocycles. The van der Waals surface area contributed by atoms with Gasteiger partial charge in [0.15, 0.2) is 5.82 Å². The molecule has 0 bridgehead atoms. The van der Waals surface area contributed by atoms with Crippen LogP contribution in [-0.4, -0.2) is 57.0 Å². The molecule has 0 fully saturated rings. The van der Waals surface area contributed by atoms with E-state index in [2.05, 4.69) is 24.0 Å². The second kappa shape index (κ2) is 8.26. The number of carbonyl (C=O) groups excluding carboxylic acids is 2. The first-order valence-electron chi connectivity index (χ1n) is 8.85.